The molecule has 1 fully saturated rings. The zero-order chi connectivity index (χ0) is 17.2. The minimum atomic E-state index is 0.161. The van der Waals surface area contributed by atoms with Crippen LogP contribution in [0.15, 0.2) is 36.5 Å². The Labute approximate surface area is 148 Å². The van der Waals surface area contributed by atoms with Gasteiger partial charge in [0.2, 0.25) is 5.91 Å². The molecule has 1 atom stereocenters. The minimum Gasteiger partial charge on any atom is -0.384 e. The molecule has 1 aromatic carbocycles. The first-order chi connectivity index (χ1) is 12.2. The second-order valence-electron chi connectivity index (χ2n) is 7.29. The highest BCUT2D eigenvalue weighted by Crippen LogP contribution is 2.32. The number of methoxy groups -OCH3 is 1. The number of nitrogens with zero attached hydrogens (tertiary/aromatic N) is 3. The van der Waals surface area contributed by atoms with E-state index in [0.29, 0.717) is 26.1 Å². The molecule has 1 amide bonds. The van der Waals surface area contributed by atoms with E-state index in [-0.39, 0.29) is 11.8 Å². The van der Waals surface area contributed by atoms with Gasteiger partial charge in [0.1, 0.15) is 0 Å². The fourth-order valence-electron chi connectivity index (χ4n) is 3.63. The molecule has 2 heterocycles. The van der Waals surface area contributed by atoms with Crippen LogP contribution in [0.25, 0.3) is 0 Å². The lowest BCUT2D eigenvalue weighted by atomic mass is 9.96. The fraction of sp³-hybridized carbons (Fsp3) is 0.500. The Kier molecular flexibility index (Phi) is 4.57. The summed E-state index contributed by atoms with van der Waals surface area (Å²) < 4.78 is 7.48. The van der Waals surface area contributed by atoms with Crippen LogP contribution in [0.5, 0.6) is 0 Å². The number of ether oxygens (including phenoxy) is 1. The van der Waals surface area contributed by atoms with E-state index >= 15 is 0 Å². The molecule has 1 saturated carbocycles. The van der Waals surface area contributed by atoms with Gasteiger partial charge in [0.25, 0.3) is 0 Å². The minimum absolute atomic E-state index is 0.161. The molecule has 4 rings (SSSR count). The summed E-state index contributed by atoms with van der Waals surface area (Å²) in [6, 6.07) is 9.95. The Balaban J connectivity index is 1.50. The number of hydrogen-bond donors (Lipinski definition) is 0. The van der Waals surface area contributed by atoms with Crippen LogP contribution in [-0.2, 0) is 29.0 Å². The highest BCUT2D eigenvalue weighted by Gasteiger charge is 2.32. The van der Waals surface area contributed by atoms with Crippen LogP contribution >= 0.6 is 0 Å². The van der Waals surface area contributed by atoms with E-state index < -0.39 is 0 Å². The van der Waals surface area contributed by atoms with Crippen LogP contribution in [0, 0.1) is 5.92 Å². The van der Waals surface area contributed by atoms with Gasteiger partial charge in [0.05, 0.1) is 18.7 Å². The first-order valence-corrected chi connectivity index (χ1v) is 9.10. The molecule has 132 valence electrons. The van der Waals surface area contributed by atoms with Gasteiger partial charge in [0.15, 0.2) is 0 Å². The van der Waals surface area contributed by atoms with Crippen LogP contribution < -0.4 is 0 Å². The van der Waals surface area contributed by atoms with E-state index in [9.17, 15) is 4.79 Å². The zero-order valence-electron chi connectivity index (χ0n) is 14.7. The largest absolute Gasteiger partial charge is 0.384 e. The second kappa shape index (κ2) is 7.00. The number of benzene rings is 1. The summed E-state index contributed by atoms with van der Waals surface area (Å²) in [4.78, 5) is 14.7. The Hall–Kier alpha value is -2.14. The van der Waals surface area contributed by atoms with E-state index in [1.54, 1.807) is 7.11 Å². The van der Waals surface area contributed by atoms with Crippen molar-refractivity contribution in [3.63, 3.8) is 0 Å². The van der Waals surface area contributed by atoms with Crippen molar-refractivity contribution in [2.45, 2.75) is 38.3 Å². The van der Waals surface area contributed by atoms with Gasteiger partial charge < -0.3 is 9.64 Å². The summed E-state index contributed by atoms with van der Waals surface area (Å²) in [6.45, 7) is 2.95. The smallest absolute Gasteiger partial charge is 0.227 e. The molecule has 2 aliphatic rings. The maximum Gasteiger partial charge on any atom is 0.227 e. The number of hydrogen-bond acceptors (Lipinski definition) is 3. The quantitative estimate of drug-likeness (QED) is 0.813. The van der Waals surface area contributed by atoms with Gasteiger partial charge in [-0.25, -0.2) is 0 Å². The third-order valence-corrected chi connectivity index (χ3v) is 5.12. The van der Waals surface area contributed by atoms with Crippen LogP contribution in [0.2, 0.25) is 0 Å². The maximum absolute atomic E-state index is 12.8. The number of carbonyl (C=O) groups is 1. The molecule has 5 nitrogen and oxygen atoms in total. The van der Waals surface area contributed by atoms with Crippen LogP contribution in [0.3, 0.4) is 0 Å². The van der Waals surface area contributed by atoms with Crippen molar-refractivity contribution in [2.75, 3.05) is 20.3 Å². The number of amides is 1. The molecule has 1 aliphatic heterocycles. The van der Waals surface area contributed by atoms with Crippen molar-refractivity contribution in [1.29, 1.82) is 0 Å². The van der Waals surface area contributed by atoms with Gasteiger partial charge in [-0.1, -0.05) is 30.3 Å². The van der Waals surface area contributed by atoms with Crippen molar-refractivity contribution in [2.24, 2.45) is 5.92 Å². The van der Waals surface area contributed by atoms with Gasteiger partial charge in [-0.2, -0.15) is 5.10 Å². The molecule has 1 aromatic heterocycles. The molecular weight excluding hydrogens is 314 g/mol. The van der Waals surface area contributed by atoms with Crippen LogP contribution in [0.1, 0.15) is 35.6 Å². The normalized spacial score (nSPS) is 19.7. The fourth-order valence-corrected chi connectivity index (χ4v) is 3.63. The van der Waals surface area contributed by atoms with Gasteiger partial charge in [-0.05, 0) is 24.3 Å². The van der Waals surface area contributed by atoms with E-state index in [4.69, 9.17) is 9.84 Å². The Morgan fingerprint density at radius 2 is 2.08 bits per heavy atom. The van der Waals surface area contributed by atoms with Crippen molar-refractivity contribution >= 4 is 5.91 Å². The van der Waals surface area contributed by atoms with Gasteiger partial charge in [-0.15, -0.1) is 0 Å². The average Bonchev–Trinajstić information content (AvgIpc) is 3.32. The lowest BCUT2D eigenvalue weighted by molar-refractivity contribution is -0.132. The predicted octanol–water partition coefficient (Wildman–Crippen LogP) is 2.61. The summed E-state index contributed by atoms with van der Waals surface area (Å²) in [5.41, 5.74) is 3.35. The van der Waals surface area contributed by atoms with E-state index in [1.807, 2.05) is 35.2 Å². The number of carbonyl (C=O) groups excluding carboxylic acids is 1. The van der Waals surface area contributed by atoms with Crippen molar-refractivity contribution in [1.82, 2.24) is 14.7 Å². The molecule has 1 aliphatic carbocycles. The number of aromatic nitrogens is 2. The van der Waals surface area contributed by atoms with Gasteiger partial charge in [-0.3, -0.25) is 9.48 Å². The topological polar surface area (TPSA) is 47.4 Å². The molecule has 25 heavy (non-hydrogen) atoms. The summed E-state index contributed by atoms with van der Waals surface area (Å²) >= 11 is 0. The molecule has 0 saturated heterocycles. The molecule has 1 unspecified atom stereocenters. The third-order valence-electron chi connectivity index (χ3n) is 5.12. The van der Waals surface area contributed by atoms with E-state index in [1.165, 1.54) is 18.4 Å². The van der Waals surface area contributed by atoms with Gasteiger partial charge >= 0.3 is 0 Å². The molecule has 5 heteroatoms. The molecule has 2 aromatic rings. The molecule has 0 bridgehead atoms. The number of fused-ring (bicyclic) bond motifs is 1. The average molecular weight is 339 g/mol. The molecular formula is C20H25N3O2. The highest BCUT2D eigenvalue weighted by molar-refractivity contribution is 5.79. The SMILES string of the molecule is COCC1CN(C(=O)Cc2ccccc2)Cc2cn(CC3CC3)nc21. The Morgan fingerprint density at radius 1 is 1.28 bits per heavy atom. The standard InChI is InChI=1S/C20H25N3O2/c1-25-14-18-12-22(19(24)9-15-5-3-2-4-6-15)11-17-13-23(21-20(17)18)10-16-7-8-16/h2-6,13,16,18H,7-12,14H2,1H3. The summed E-state index contributed by atoms with van der Waals surface area (Å²) in [5, 5.41) is 4.81. The zero-order valence-corrected chi connectivity index (χ0v) is 14.7. The second-order valence-corrected chi connectivity index (χ2v) is 7.29. The van der Waals surface area contributed by atoms with Crippen molar-refractivity contribution in [3.05, 3.63) is 53.3 Å². The monoisotopic (exact) mass is 339 g/mol. The summed E-state index contributed by atoms with van der Waals surface area (Å²) in [6.07, 6.45) is 5.21. The van der Waals surface area contributed by atoms with Gasteiger partial charge in [0, 0.05) is 44.4 Å². The van der Waals surface area contributed by atoms with Crippen LogP contribution in [-0.4, -0.2) is 40.8 Å². The molecule has 0 N–H and O–H groups in total. The Morgan fingerprint density at radius 3 is 2.80 bits per heavy atom. The van der Waals surface area contributed by atoms with Crippen molar-refractivity contribution < 1.29 is 9.53 Å². The highest BCUT2D eigenvalue weighted by atomic mass is 16.5. The maximum atomic E-state index is 12.8. The third kappa shape index (κ3) is 3.76. The van der Waals surface area contributed by atoms with E-state index in [0.717, 1.165) is 23.7 Å². The lowest BCUT2D eigenvalue weighted by Crippen LogP contribution is -2.40. The summed E-state index contributed by atoms with van der Waals surface area (Å²) in [5.74, 6) is 1.12. The predicted molar refractivity (Wildman–Crippen MR) is 95.1 cm³/mol. The lowest BCUT2D eigenvalue weighted by Gasteiger charge is -2.31. The summed E-state index contributed by atoms with van der Waals surface area (Å²) in [7, 11) is 1.71. The van der Waals surface area contributed by atoms with E-state index in [2.05, 4.69) is 10.9 Å². The van der Waals surface area contributed by atoms with Crippen LogP contribution in [0.4, 0.5) is 0 Å². The Bertz CT molecular complexity index is 737. The molecule has 0 radical (unpaired) electrons. The number of rotatable bonds is 6. The van der Waals surface area contributed by atoms with Crippen molar-refractivity contribution in [3.8, 4) is 0 Å². The first-order valence-electron chi connectivity index (χ1n) is 9.10. The molecule has 0 spiro atoms. The first kappa shape index (κ1) is 16.3.